The van der Waals surface area contributed by atoms with Crippen LogP contribution in [0.5, 0.6) is 0 Å². The molecule has 0 atom stereocenters. The maximum absolute atomic E-state index is 12.1. The summed E-state index contributed by atoms with van der Waals surface area (Å²) in [7, 11) is -3.18. The highest BCUT2D eigenvalue weighted by atomic mass is 32.2. The van der Waals surface area contributed by atoms with E-state index in [0.29, 0.717) is 23.5 Å². The molecule has 2 aromatic rings. The zero-order valence-corrected chi connectivity index (χ0v) is 12.0. The van der Waals surface area contributed by atoms with Gasteiger partial charge in [0.1, 0.15) is 11.8 Å². The van der Waals surface area contributed by atoms with Crippen LogP contribution in [0.4, 0.5) is 5.82 Å². The van der Waals surface area contributed by atoms with Crippen molar-refractivity contribution in [3.8, 4) is 0 Å². The van der Waals surface area contributed by atoms with Gasteiger partial charge in [-0.2, -0.15) is 0 Å². The van der Waals surface area contributed by atoms with Gasteiger partial charge in [0.15, 0.2) is 21.3 Å². The number of hydrogen-bond donors (Lipinski definition) is 1. The van der Waals surface area contributed by atoms with Crippen molar-refractivity contribution in [2.75, 3.05) is 11.5 Å². The summed E-state index contributed by atoms with van der Waals surface area (Å²) in [6.07, 6.45) is 2.88. The Morgan fingerprint density at radius 1 is 1.26 bits per heavy atom. The molecule has 0 fully saturated rings. The Kier molecular flexibility index (Phi) is 3.21. The van der Waals surface area contributed by atoms with Crippen molar-refractivity contribution in [3.63, 3.8) is 0 Å². The van der Waals surface area contributed by atoms with E-state index in [1.54, 1.807) is 25.3 Å². The molecule has 104 valence electrons. The predicted molar refractivity (Wildman–Crippen MR) is 73.3 cm³/mol. The first kappa shape index (κ1) is 13.7. The number of aryl methyl sites for hydroxylation is 1. The lowest BCUT2D eigenvalue weighted by molar-refractivity contribution is 0.554. The smallest absolute Gasteiger partial charge is 0.165 e. The number of sulfone groups is 1. The van der Waals surface area contributed by atoms with Gasteiger partial charge in [0, 0.05) is 6.54 Å². The molecule has 0 saturated carbocycles. The number of rotatable bonds is 3. The molecule has 2 rings (SSSR count). The molecule has 0 bridgehead atoms. The van der Waals surface area contributed by atoms with Crippen molar-refractivity contribution in [1.29, 1.82) is 0 Å². The number of nitrogens with two attached hydrogens (primary N) is 1. The fraction of sp³-hybridized carbons (Fsp3) is 0.545. The van der Waals surface area contributed by atoms with Crippen LogP contribution in [0.25, 0.3) is 11.2 Å². The Labute approximate surface area is 111 Å². The van der Waals surface area contributed by atoms with Crippen molar-refractivity contribution >= 4 is 26.8 Å². The molecule has 2 heterocycles. The summed E-state index contributed by atoms with van der Waals surface area (Å²) in [6, 6.07) is 0. The van der Waals surface area contributed by atoms with Crippen molar-refractivity contribution < 1.29 is 8.42 Å². The minimum absolute atomic E-state index is 0.0336. The third-order valence-electron chi connectivity index (χ3n) is 2.96. The van der Waals surface area contributed by atoms with Crippen LogP contribution in [0.1, 0.15) is 20.8 Å². The van der Waals surface area contributed by atoms with Crippen LogP contribution in [-0.4, -0.2) is 38.4 Å². The molecule has 7 nitrogen and oxygen atoms in total. The lowest BCUT2D eigenvalue weighted by Crippen LogP contribution is -2.31. The van der Waals surface area contributed by atoms with Crippen molar-refractivity contribution in [3.05, 3.63) is 12.7 Å². The van der Waals surface area contributed by atoms with E-state index in [9.17, 15) is 8.42 Å². The van der Waals surface area contributed by atoms with E-state index in [2.05, 4.69) is 15.0 Å². The van der Waals surface area contributed by atoms with Crippen molar-refractivity contribution in [1.82, 2.24) is 19.5 Å². The average molecular weight is 283 g/mol. The first-order valence-corrected chi connectivity index (χ1v) is 7.51. The number of fused-ring (bicyclic) bond motifs is 1. The van der Waals surface area contributed by atoms with Crippen LogP contribution in [0, 0.1) is 0 Å². The maximum atomic E-state index is 12.1. The summed E-state index contributed by atoms with van der Waals surface area (Å²) in [5.41, 5.74) is 6.72. The Bertz CT molecular complexity index is 699. The van der Waals surface area contributed by atoms with E-state index in [4.69, 9.17) is 5.73 Å². The maximum Gasteiger partial charge on any atom is 0.165 e. The second kappa shape index (κ2) is 4.44. The normalized spacial score (nSPS) is 13.0. The Morgan fingerprint density at radius 3 is 2.58 bits per heavy atom. The SMILES string of the molecule is CC(C)(C)S(=O)(=O)CCn1cnc2c(N)ncnc21. The number of aromatic nitrogens is 4. The molecule has 0 aliphatic rings. The third-order valence-corrected chi connectivity index (χ3v) is 5.55. The fourth-order valence-corrected chi connectivity index (χ4v) is 2.64. The van der Waals surface area contributed by atoms with Crippen LogP contribution < -0.4 is 5.73 Å². The molecular formula is C11H17N5O2S. The van der Waals surface area contributed by atoms with Crippen LogP contribution in [-0.2, 0) is 16.4 Å². The van der Waals surface area contributed by atoms with E-state index in [0.717, 1.165) is 0 Å². The minimum Gasteiger partial charge on any atom is -0.382 e. The monoisotopic (exact) mass is 283 g/mol. The first-order chi connectivity index (χ1) is 8.72. The lowest BCUT2D eigenvalue weighted by atomic mass is 10.3. The molecule has 0 aromatic carbocycles. The molecule has 0 aliphatic carbocycles. The lowest BCUT2D eigenvalue weighted by Gasteiger charge is -2.19. The molecule has 0 spiro atoms. The van der Waals surface area contributed by atoms with E-state index >= 15 is 0 Å². The Balaban J connectivity index is 2.27. The van der Waals surface area contributed by atoms with Gasteiger partial charge in [-0.25, -0.2) is 23.4 Å². The first-order valence-electron chi connectivity index (χ1n) is 5.86. The predicted octanol–water partition coefficient (Wildman–Crippen LogP) is 0.622. The Morgan fingerprint density at radius 2 is 1.95 bits per heavy atom. The molecule has 0 unspecified atom stereocenters. The standard InChI is InChI=1S/C11H17N5O2S/c1-11(2,3)19(17,18)5-4-16-7-15-8-9(12)13-6-14-10(8)16/h6-7H,4-5H2,1-3H3,(H2,12,13,14). The van der Waals surface area contributed by atoms with Crippen LogP contribution in [0.2, 0.25) is 0 Å². The number of anilines is 1. The fourth-order valence-electron chi connectivity index (χ4n) is 1.59. The van der Waals surface area contributed by atoms with Crippen LogP contribution in [0.3, 0.4) is 0 Å². The highest BCUT2D eigenvalue weighted by Gasteiger charge is 2.28. The molecule has 0 amide bonds. The van der Waals surface area contributed by atoms with Gasteiger partial charge < -0.3 is 10.3 Å². The van der Waals surface area contributed by atoms with Gasteiger partial charge in [0.05, 0.1) is 16.8 Å². The molecule has 0 radical (unpaired) electrons. The van der Waals surface area contributed by atoms with E-state index in [1.807, 2.05) is 0 Å². The van der Waals surface area contributed by atoms with Gasteiger partial charge >= 0.3 is 0 Å². The zero-order valence-electron chi connectivity index (χ0n) is 11.2. The summed E-state index contributed by atoms with van der Waals surface area (Å²) in [5, 5.41) is 0. The topological polar surface area (TPSA) is 104 Å². The highest BCUT2D eigenvalue weighted by molar-refractivity contribution is 7.92. The Hall–Kier alpha value is -1.70. The molecule has 0 saturated heterocycles. The van der Waals surface area contributed by atoms with Gasteiger partial charge in [-0.3, -0.25) is 0 Å². The zero-order chi connectivity index (χ0) is 14.3. The average Bonchev–Trinajstić information content (AvgIpc) is 2.70. The molecule has 19 heavy (non-hydrogen) atoms. The van der Waals surface area contributed by atoms with Crippen LogP contribution in [0.15, 0.2) is 12.7 Å². The van der Waals surface area contributed by atoms with E-state index in [1.165, 1.54) is 12.7 Å². The number of hydrogen-bond acceptors (Lipinski definition) is 6. The minimum atomic E-state index is -3.18. The van der Waals surface area contributed by atoms with Gasteiger partial charge in [-0.05, 0) is 20.8 Å². The number of nitrogens with zero attached hydrogens (tertiary/aromatic N) is 4. The highest BCUT2D eigenvalue weighted by Crippen LogP contribution is 2.18. The van der Waals surface area contributed by atoms with Gasteiger partial charge in [0.2, 0.25) is 0 Å². The number of nitrogen functional groups attached to an aromatic ring is 1. The molecule has 2 N–H and O–H groups in total. The van der Waals surface area contributed by atoms with E-state index < -0.39 is 14.6 Å². The number of imidazole rings is 1. The summed E-state index contributed by atoms with van der Waals surface area (Å²) in [5.74, 6) is 0.328. The van der Waals surface area contributed by atoms with Crippen LogP contribution >= 0.6 is 0 Å². The quantitative estimate of drug-likeness (QED) is 0.885. The molecular weight excluding hydrogens is 266 g/mol. The summed E-state index contributed by atoms with van der Waals surface area (Å²) in [4.78, 5) is 12.0. The van der Waals surface area contributed by atoms with Gasteiger partial charge in [-0.1, -0.05) is 0 Å². The van der Waals surface area contributed by atoms with Crippen molar-refractivity contribution in [2.45, 2.75) is 32.1 Å². The molecule has 8 heteroatoms. The van der Waals surface area contributed by atoms with Crippen molar-refractivity contribution in [2.24, 2.45) is 0 Å². The second-order valence-corrected chi connectivity index (χ2v) is 8.16. The summed E-state index contributed by atoms with van der Waals surface area (Å²) < 4.78 is 25.0. The second-order valence-electron chi connectivity index (χ2n) is 5.30. The summed E-state index contributed by atoms with van der Waals surface area (Å²) >= 11 is 0. The summed E-state index contributed by atoms with van der Waals surface area (Å²) in [6.45, 7) is 5.37. The van der Waals surface area contributed by atoms with Gasteiger partial charge in [-0.15, -0.1) is 0 Å². The van der Waals surface area contributed by atoms with Gasteiger partial charge in [0.25, 0.3) is 0 Å². The third kappa shape index (κ3) is 2.53. The van der Waals surface area contributed by atoms with E-state index in [-0.39, 0.29) is 5.75 Å². The largest absolute Gasteiger partial charge is 0.382 e. The molecule has 0 aliphatic heterocycles. The molecule has 2 aromatic heterocycles.